The maximum absolute atomic E-state index is 8.66. The first-order valence-electron chi connectivity index (χ1n) is 3.58. The summed E-state index contributed by atoms with van der Waals surface area (Å²) in [6, 6.07) is 3.64. The van der Waals surface area contributed by atoms with Gasteiger partial charge in [-0.1, -0.05) is 0 Å². The third-order valence-corrected chi connectivity index (χ3v) is 1.48. The van der Waals surface area contributed by atoms with Gasteiger partial charge < -0.3 is 10.8 Å². The van der Waals surface area contributed by atoms with E-state index in [-0.39, 0.29) is 25.1 Å². The van der Waals surface area contributed by atoms with Crippen LogP contribution >= 0.6 is 12.4 Å². The maximum Gasteiger partial charge on any atom is 0.0585 e. The molecule has 0 aromatic carbocycles. The summed E-state index contributed by atoms with van der Waals surface area (Å²) in [4.78, 5) is 3.88. The van der Waals surface area contributed by atoms with E-state index in [1.807, 2.05) is 12.1 Å². The molecule has 3 N–H and O–H groups in total. The number of aliphatic hydroxyl groups excluding tert-OH is 1. The Morgan fingerprint density at radius 3 is 2.50 bits per heavy atom. The fourth-order valence-electron chi connectivity index (χ4n) is 0.886. The first-order valence-corrected chi connectivity index (χ1v) is 3.58. The van der Waals surface area contributed by atoms with Crippen molar-refractivity contribution in [1.82, 2.24) is 4.98 Å². The van der Waals surface area contributed by atoms with Crippen LogP contribution in [0, 0.1) is 0 Å². The molecular formula is C8H13ClN2O. The summed E-state index contributed by atoms with van der Waals surface area (Å²) < 4.78 is 0. The second-order valence-corrected chi connectivity index (χ2v) is 2.50. The van der Waals surface area contributed by atoms with Gasteiger partial charge in [-0.3, -0.25) is 4.98 Å². The lowest BCUT2D eigenvalue weighted by Gasteiger charge is -2.06. The minimum atomic E-state index is -0.155. The average Bonchev–Trinajstić information content (AvgIpc) is 2.06. The summed E-state index contributed by atoms with van der Waals surface area (Å²) in [6.07, 6.45) is 4.15. The van der Waals surface area contributed by atoms with E-state index in [2.05, 4.69) is 4.98 Å². The molecular weight excluding hydrogens is 176 g/mol. The second-order valence-electron chi connectivity index (χ2n) is 2.50. The number of hydrogen-bond donors (Lipinski definition) is 2. The topological polar surface area (TPSA) is 59.1 Å². The van der Waals surface area contributed by atoms with Crippen molar-refractivity contribution in [3.63, 3.8) is 0 Å². The molecule has 1 unspecified atom stereocenters. The molecule has 4 heteroatoms. The van der Waals surface area contributed by atoms with Crippen molar-refractivity contribution in [2.45, 2.75) is 12.5 Å². The Bertz CT molecular complexity index is 205. The van der Waals surface area contributed by atoms with Crippen LogP contribution in [0.1, 0.15) is 5.56 Å². The molecule has 0 aliphatic carbocycles. The first kappa shape index (κ1) is 11.4. The molecule has 3 nitrogen and oxygen atoms in total. The molecule has 0 aliphatic heterocycles. The lowest BCUT2D eigenvalue weighted by Crippen LogP contribution is -2.26. The monoisotopic (exact) mass is 188 g/mol. The predicted octanol–water partition coefficient (Wildman–Crippen LogP) is 0.365. The van der Waals surface area contributed by atoms with Crippen molar-refractivity contribution in [2.75, 3.05) is 6.61 Å². The number of nitrogens with zero attached hydrogens (tertiary/aromatic N) is 1. The number of aliphatic hydroxyl groups is 1. The molecule has 1 aromatic rings. The van der Waals surface area contributed by atoms with Gasteiger partial charge in [-0.25, -0.2) is 0 Å². The van der Waals surface area contributed by atoms with Crippen LogP contribution in [0.3, 0.4) is 0 Å². The second kappa shape index (κ2) is 5.94. The van der Waals surface area contributed by atoms with E-state index in [9.17, 15) is 0 Å². The van der Waals surface area contributed by atoms with Crippen LogP contribution in [-0.2, 0) is 6.42 Å². The van der Waals surface area contributed by atoms with Gasteiger partial charge in [-0.15, -0.1) is 12.4 Å². The third kappa shape index (κ3) is 3.67. The zero-order valence-electron chi connectivity index (χ0n) is 6.68. The quantitative estimate of drug-likeness (QED) is 0.721. The van der Waals surface area contributed by atoms with Crippen molar-refractivity contribution in [3.8, 4) is 0 Å². The molecule has 0 aliphatic rings. The number of aromatic nitrogens is 1. The van der Waals surface area contributed by atoms with Gasteiger partial charge in [0.15, 0.2) is 0 Å². The van der Waals surface area contributed by atoms with E-state index in [0.717, 1.165) is 5.56 Å². The Morgan fingerprint density at radius 2 is 2.00 bits per heavy atom. The van der Waals surface area contributed by atoms with E-state index < -0.39 is 0 Å². The molecule has 1 atom stereocenters. The molecule has 1 heterocycles. The van der Waals surface area contributed by atoms with Gasteiger partial charge in [0.1, 0.15) is 0 Å². The van der Waals surface area contributed by atoms with Gasteiger partial charge in [0.25, 0.3) is 0 Å². The summed E-state index contributed by atoms with van der Waals surface area (Å²) in [5.41, 5.74) is 6.65. The van der Waals surface area contributed by atoms with E-state index in [1.54, 1.807) is 12.4 Å². The Balaban J connectivity index is 0.00000121. The van der Waals surface area contributed by atoms with Crippen molar-refractivity contribution >= 4 is 12.4 Å². The minimum Gasteiger partial charge on any atom is -0.395 e. The molecule has 68 valence electrons. The molecule has 0 spiro atoms. The molecule has 1 rings (SSSR count). The molecule has 0 bridgehead atoms. The van der Waals surface area contributed by atoms with Crippen LogP contribution in [0.25, 0.3) is 0 Å². The lowest BCUT2D eigenvalue weighted by atomic mass is 10.1. The molecule has 12 heavy (non-hydrogen) atoms. The van der Waals surface area contributed by atoms with E-state index in [4.69, 9.17) is 10.8 Å². The Kier molecular flexibility index (Phi) is 5.62. The van der Waals surface area contributed by atoms with Crippen LogP contribution in [0.2, 0.25) is 0 Å². The highest BCUT2D eigenvalue weighted by Gasteiger charge is 2.00. The smallest absolute Gasteiger partial charge is 0.0585 e. The zero-order chi connectivity index (χ0) is 8.10. The fraction of sp³-hybridized carbons (Fsp3) is 0.375. The SMILES string of the molecule is Cl.NC(CO)Cc1ccncc1. The molecule has 0 radical (unpaired) electrons. The predicted molar refractivity (Wildman–Crippen MR) is 50.3 cm³/mol. The van der Waals surface area contributed by atoms with Crippen molar-refractivity contribution in [1.29, 1.82) is 0 Å². The number of rotatable bonds is 3. The van der Waals surface area contributed by atoms with E-state index >= 15 is 0 Å². The first-order chi connectivity index (χ1) is 5.33. The molecule has 0 saturated heterocycles. The van der Waals surface area contributed by atoms with E-state index in [0.29, 0.717) is 6.42 Å². The largest absolute Gasteiger partial charge is 0.395 e. The third-order valence-electron chi connectivity index (χ3n) is 1.48. The average molecular weight is 189 g/mol. The van der Waals surface area contributed by atoms with Crippen molar-refractivity contribution in [2.24, 2.45) is 5.73 Å². The fourth-order valence-corrected chi connectivity index (χ4v) is 0.886. The van der Waals surface area contributed by atoms with Gasteiger partial charge in [0.05, 0.1) is 6.61 Å². The molecule has 1 aromatic heterocycles. The Labute approximate surface area is 78.0 Å². The standard InChI is InChI=1S/C8H12N2O.ClH/c9-8(6-11)5-7-1-3-10-4-2-7;/h1-4,8,11H,5-6,9H2;1H. The van der Waals surface area contributed by atoms with Crippen molar-refractivity contribution < 1.29 is 5.11 Å². The van der Waals surface area contributed by atoms with Gasteiger partial charge in [-0.05, 0) is 24.1 Å². The summed E-state index contributed by atoms with van der Waals surface area (Å²) in [7, 11) is 0. The summed E-state index contributed by atoms with van der Waals surface area (Å²) in [5, 5.41) is 8.66. The van der Waals surface area contributed by atoms with Crippen LogP contribution < -0.4 is 5.73 Å². The molecule has 0 fully saturated rings. The Hall–Kier alpha value is -0.640. The number of nitrogens with two attached hydrogens (primary N) is 1. The highest BCUT2D eigenvalue weighted by atomic mass is 35.5. The maximum atomic E-state index is 8.66. The molecule has 0 amide bonds. The highest BCUT2D eigenvalue weighted by molar-refractivity contribution is 5.85. The van der Waals surface area contributed by atoms with Gasteiger partial charge in [0.2, 0.25) is 0 Å². The number of pyridine rings is 1. The van der Waals surface area contributed by atoms with Crippen LogP contribution in [0.4, 0.5) is 0 Å². The highest BCUT2D eigenvalue weighted by Crippen LogP contribution is 1.98. The van der Waals surface area contributed by atoms with Gasteiger partial charge in [-0.2, -0.15) is 0 Å². The van der Waals surface area contributed by atoms with E-state index in [1.165, 1.54) is 0 Å². The van der Waals surface area contributed by atoms with Gasteiger partial charge in [0, 0.05) is 18.4 Å². The van der Waals surface area contributed by atoms with Crippen LogP contribution in [-0.4, -0.2) is 22.7 Å². The van der Waals surface area contributed by atoms with Crippen LogP contribution in [0.15, 0.2) is 24.5 Å². The number of halogens is 1. The zero-order valence-corrected chi connectivity index (χ0v) is 7.50. The normalized spacial score (nSPS) is 11.8. The minimum absolute atomic E-state index is 0. The Morgan fingerprint density at radius 1 is 1.42 bits per heavy atom. The summed E-state index contributed by atoms with van der Waals surface area (Å²) in [6.45, 7) is 0.0301. The number of hydrogen-bond acceptors (Lipinski definition) is 3. The lowest BCUT2D eigenvalue weighted by molar-refractivity contribution is 0.265. The van der Waals surface area contributed by atoms with Gasteiger partial charge >= 0.3 is 0 Å². The van der Waals surface area contributed by atoms with Crippen molar-refractivity contribution in [3.05, 3.63) is 30.1 Å². The molecule has 0 saturated carbocycles. The summed E-state index contributed by atoms with van der Waals surface area (Å²) in [5.74, 6) is 0. The summed E-state index contributed by atoms with van der Waals surface area (Å²) >= 11 is 0. The van der Waals surface area contributed by atoms with Crippen LogP contribution in [0.5, 0.6) is 0 Å².